The lowest BCUT2D eigenvalue weighted by Crippen LogP contribution is -2.60. The SMILES string of the molecule is FC(F)(c1nc(Cl)cc(Cl)n1)C(F)(F)C(F)(F)C(F)(F)c1nc(Cl)cc(Cl)n1. The van der Waals surface area contributed by atoms with E-state index in [2.05, 4.69) is 19.9 Å². The number of nitrogens with zero attached hydrogens (tertiary/aromatic N) is 4. The number of halogens is 12. The highest BCUT2D eigenvalue weighted by Gasteiger charge is 2.83. The Labute approximate surface area is 169 Å². The van der Waals surface area contributed by atoms with Crippen LogP contribution in [0.25, 0.3) is 0 Å². The van der Waals surface area contributed by atoms with Crippen LogP contribution in [0, 0.1) is 0 Å². The first-order valence-corrected chi connectivity index (χ1v) is 7.97. The first kappa shape index (κ1) is 23.0. The maximum absolute atomic E-state index is 14.1. The Bertz CT molecular complexity index is 797. The number of rotatable bonds is 5. The van der Waals surface area contributed by atoms with E-state index in [1.165, 1.54) is 0 Å². The molecule has 28 heavy (non-hydrogen) atoms. The summed E-state index contributed by atoms with van der Waals surface area (Å²) in [4.78, 5) is 10.6. The van der Waals surface area contributed by atoms with E-state index >= 15 is 0 Å². The minimum atomic E-state index is -6.77. The first-order valence-electron chi connectivity index (χ1n) is 6.46. The summed E-state index contributed by atoms with van der Waals surface area (Å²) in [5, 5.41) is -3.70. The van der Waals surface area contributed by atoms with Crippen LogP contribution in [-0.2, 0) is 11.8 Å². The lowest BCUT2D eigenvalue weighted by Gasteiger charge is -2.35. The zero-order chi connectivity index (χ0) is 21.7. The van der Waals surface area contributed by atoms with Crippen molar-refractivity contribution in [3.63, 3.8) is 0 Å². The Kier molecular flexibility index (Phi) is 5.94. The second-order valence-electron chi connectivity index (χ2n) is 4.97. The van der Waals surface area contributed by atoms with Gasteiger partial charge in [-0.15, -0.1) is 0 Å². The molecule has 0 atom stereocenters. The zero-order valence-electron chi connectivity index (χ0n) is 12.5. The molecule has 0 saturated heterocycles. The van der Waals surface area contributed by atoms with Crippen molar-refractivity contribution in [2.75, 3.05) is 0 Å². The predicted octanol–water partition coefficient (Wildman–Crippen LogP) is 6.03. The summed E-state index contributed by atoms with van der Waals surface area (Å²) in [5.74, 6) is -30.2. The second-order valence-corrected chi connectivity index (χ2v) is 6.52. The quantitative estimate of drug-likeness (QED) is 0.375. The van der Waals surface area contributed by atoms with Crippen molar-refractivity contribution in [3.8, 4) is 0 Å². The van der Waals surface area contributed by atoms with Crippen LogP contribution < -0.4 is 0 Å². The van der Waals surface area contributed by atoms with Crippen LogP contribution in [0.15, 0.2) is 12.1 Å². The van der Waals surface area contributed by atoms with E-state index in [0.717, 1.165) is 0 Å². The highest BCUT2D eigenvalue weighted by molar-refractivity contribution is 6.33. The van der Waals surface area contributed by atoms with Crippen molar-refractivity contribution in [3.05, 3.63) is 44.4 Å². The molecule has 16 heteroatoms. The molecule has 0 unspecified atom stereocenters. The summed E-state index contributed by atoms with van der Waals surface area (Å²) < 4.78 is 113. The molecule has 2 aromatic heterocycles. The van der Waals surface area contributed by atoms with E-state index in [4.69, 9.17) is 46.4 Å². The molecule has 4 nitrogen and oxygen atoms in total. The molecule has 2 aromatic rings. The number of aromatic nitrogens is 4. The van der Waals surface area contributed by atoms with Gasteiger partial charge in [0.15, 0.2) is 0 Å². The van der Waals surface area contributed by atoms with Crippen molar-refractivity contribution in [1.29, 1.82) is 0 Å². The van der Waals surface area contributed by atoms with Crippen molar-refractivity contribution >= 4 is 46.4 Å². The average Bonchev–Trinajstić information content (AvgIpc) is 2.52. The Morgan fingerprint density at radius 3 is 0.929 bits per heavy atom. The molecule has 0 N–H and O–H groups in total. The minimum absolute atomic E-state index is 0.620. The summed E-state index contributed by atoms with van der Waals surface area (Å²) in [7, 11) is 0. The normalized spacial score (nSPS) is 13.7. The maximum Gasteiger partial charge on any atom is 0.386 e. The molecule has 0 aromatic carbocycles. The fourth-order valence-corrected chi connectivity index (χ4v) is 2.58. The van der Waals surface area contributed by atoms with Crippen LogP contribution in [0.4, 0.5) is 35.1 Å². The second kappa shape index (κ2) is 7.22. The van der Waals surface area contributed by atoms with Crippen molar-refractivity contribution in [2.45, 2.75) is 23.7 Å². The molecule has 2 heterocycles. The number of hydrogen-bond donors (Lipinski definition) is 0. The third kappa shape index (κ3) is 3.66. The summed E-state index contributed by atoms with van der Waals surface area (Å²) >= 11 is 21.0. The van der Waals surface area contributed by atoms with E-state index in [1.54, 1.807) is 0 Å². The van der Waals surface area contributed by atoms with E-state index in [1.807, 2.05) is 0 Å². The molecule has 0 amide bonds. The van der Waals surface area contributed by atoms with Gasteiger partial charge in [0.25, 0.3) is 0 Å². The van der Waals surface area contributed by atoms with E-state index in [-0.39, 0.29) is 0 Å². The molecule has 0 aliphatic rings. The van der Waals surface area contributed by atoms with Gasteiger partial charge in [-0.2, -0.15) is 35.1 Å². The fraction of sp³-hybridized carbons (Fsp3) is 0.333. The summed E-state index contributed by atoms with van der Waals surface area (Å²) in [6.45, 7) is 0. The van der Waals surface area contributed by atoms with Gasteiger partial charge in [-0.3, -0.25) is 0 Å². The molecule has 2 rings (SSSR count). The smallest absolute Gasteiger partial charge is 0.215 e. The van der Waals surface area contributed by atoms with Gasteiger partial charge in [0, 0.05) is 12.1 Å². The van der Waals surface area contributed by atoms with Crippen molar-refractivity contribution < 1.29 is 35.1 Å². The van der Waals surface area contributed by atoms with Crippen molar-refractivity contribution in [2.24, 2.45) is 0 Å². The highest BCUT2D eigenvalue weighted by Crippen LogP contribution is 2.58. The topological polar surface area (TPSA) is 51.6 Å². The molecule has 0 saturated carbocycles. The molecule has 0 aliphatic carbocycles. The Morgan fingerprint density at radius 1 is 0.500 bits per heavy atom. The van der Waals surface area contributed by atoms with Crippen LogP contribution in [0.1, 0.15) is 11.6 Å². The Balaban J connectivity index is 2.63. The van der Waals surface area contributed by atoms with Gasteiger partial charge in [-0.25, -0.2) is 19.9 Å². The van der Waals surface area contributed by atoms with Crippen LogP contribution in [0.3, 0.4) is 0 Å². The highest BCUT2D eigenvalue weighted by atomic mass is 35.5. The summed E-state index contributed by atoms with van der Waals surface area (Å²) in [6, 6.07) is 1.24. The third-order valence-corrected chi connectivity index (χ3v) is 3.85. The largest absolute Gasteiger partial charge is 0.386 e. The number of alkyl halides is 8. The molecule has 0 fully saturated rings. The average molecular weight is 496 g/mol. The maximum atomic E-state index is 14.1. The van der Waals surface area contributed by atoms with Gasteiger partial charge in [0.1, 0.15) is 20.6 Å². The van der Waals surface area contributed by atoms with E-state index in [9.17, 15) is 35.1 Å². The van der Waals surface area contributed by atoms with Crippen LogP contribution in [0.5, 0.6) is 0 Å². The third-order valence-electron chi connectivity index (χ3n) is 3.07. The summed E-state index contributed by atoms with van der Waals surface area (Å²) in [6.07, 6.45) is 0. The molecule has 0 spiro atoms. The van der Waals surface area contributed by atoms with Gasteiger partial charge in [0.05, 0.1) is 0 Å². The monoisotopic (exact) mass is 494 g/mol. The Morgan fingerprint density at radius 2 is 0.714 bits per heavy atom. The molecule has 0 bridgehead atoms. The van der Waals surface area contributed by atoms with E-state index < -0.39 is 56.0 Å². The molecular formula is C12H2Cl4F8N4. The lowest BCUT2D eigenvalue weighted by molar-refractivity contribution is -0.377. The van der Waals surface area contributed by atoms with Crippen LogP contribution >= 0.6 is 46.4 Å². The standard InChI is InChI=1S/C12H2Cl4F8N4/c13-3-1-4(14)26-7(25-3)9(17,18)11(21,22)12(23,24)10(19,20)8-27-5(15)2-6(16)28-8/h1-2H. The summed E-state index contributed by atoms with van der Waals surface area (Å²) in [5.41, 5.74) is 0. The van der Waals surface area contributed by atoms with Gasteiger partial charge in [-0.1, -0.05) is 46.4 Å². The zero-order valence-corrected chi connectivity index (χ0v) is 15.5. The predicted molar refractivity (Wildman–Crippen MR) is 81.8 cm³/mol. The number of hydrogen-bond acceptors (Lipinski definition) is 4. The molecule has 0 radical (unpaired) electrons. The van der Waals surface area contributed by atoms with Gasteiger partial charge >= 0.3 is 23.7 Å². The first-order chi connectivity index (χ1) is 12.5. The molecule has 154 valence electrons. The minimum Gasteiger partial charge on any atom is -0.215 e. The van der Waals surface area contributed by atoms with Gasteiger partial charge in [-0.05, 0) is 0 Å². The van der Waals surface area contributed by atoms with Gasteiger partial charge < -0.3 is 0 Å². The van der Waals surface area contributed by atoms with Gasteiger partial charge in [0.2, 0.25) is 11.6 Å². The molecule has 0 aliphatic heterocycles. The van der Waals surface area contributed by atoms with Crippen molar-refractivity contribution in [1.82, 2.24) is 19.9 Å². The lowest BCUT2D eigenvalue weighted by atomic mass is 9.97. The Hall–Kier alpha value is -1.24. The fourth-order valence-electron chi connectivity index (χ4n) is 1.74. The molecular weight excluding hydrogens is 494 g/mol. The van der Waals surface area contributed by atoms with Crippen LogP contribution in [-0.4, -0.2) is 31.8 Å². The van der Waals surface area contributed by atoms with Crippen LogP contribution in [0.2, 0.25) is 20.6 Å². The van der Waals surface area contributed by atoms with E-state index in [0.29, 0.717) is 12.1 Å².